The maximum Gasteiger partial charge on any atom is 0.310 e. The largest absolute Gasteiger partial charge is 0.481 e. The predicted molar refractivity (Wildman–Crippen MR) is 61.1 cm³/mol. The minimum atomic E-state index is -3.54. The van der Waals surface area contributed by atoms with Crippen LogP contribution in [0.3, 0.4) is 0 Å². The van der Waals surface area contributed by atoms with Crippen LogP contribution in [0.2, 0.25) is 0 Å². The number of sulfonamides is 1. The van der Waals surface area contributed by atoms with Crippen LogP contribution in [0.25, 0.3) is 0 Å². The fraction of sp³-hybridized carbons (Fsp3) is 0.600. The van der Waals surface area contributed by atoms with Crippen LogP contribution in [0, 0.1) is 5.41 Å². The molecule has 0 radical (unpaired) electrons. The molecule has 0 saturated carbocycles. The lowest BCUT2D eigenvalue weighted by atomic mass is 9.90. The number of aliphatic carboxylic acids is 1. The van der Waals surface area contributed by atoms with Crippen LogP contribution in [-0.2, 0) is 20.6 Å². The van der Waals surface area contributed by atoms with Gasteiger partial charge < -0.3 is 9.63 Å². The van der Waals surface area contributed by atoms with E-state index in [2.05, 4.69) is 9.68 Å². The van der Waals surface area contributed by atoms with E-state index < -0.39 is 21.4 Å². The van der Waals surface area contributed by atoms with Crippen molar-refractivity contribution in [1.82, 2.24) is 9.46 Å². The summed E-state index contributed by atoms with van der Waals surface area (Å²) in [5, 5.41) is 12.6. The van der Waals surface area contributed by atoms with E-state index in [0.29, 0.717) is 12.1 Å². The number of hydrogen-bond acceptors (Lipinski definition) is 5. The van der Waals surface area contributed by atoms with Crippen LogP contribution in [0.1, 0.15) is 19.0 Å². The third-order valence-corrected chi connectivity index (χ3v) is 4.93. The molecular formula is C10H14N2O5S. The number of rotatable bonds is 4. The van der Waals surface area contributed by atoms with Crippen molar-refractivity contribution < 1.29 is 22.8 Å². The molecule has 18 heavy (non-hydrogen) atoms. The first-order valence-electron chi connectivity index (χ1n) is 5.44. The van der Waals surface area contributed by atoms with E-state index in [1.807, 2.05) is 0 Å². The van der Waals surface area contributed by atoms with Gasteiger partial charge in [0.2, 0.25) is 10.0 Å². The first kappa shape index (κ1) is 13.0. The summed E-state index contributed by atoms with van der Waals surface area (Å²) in [5.41, 5.74) is -0.685. The van der Waals surface area contributed by atoms with Crippen molar-refractivity contribution in [3.8, 4) is 0 Å². The van der Waals surface area contributed by atoms with Crippen molar-refractivity contribution in [2.24, 2.45) is 5.41 Å². The van der Waals surface area contributed by atoms with Crippen LogP contribution in [-0.4, -0.2) is 42.0 Å². The van der Waals surface area contributed by atoms with Crippen LogP contribution in [0.15, 0.2) is 16.9 Å². The average Bonchev–Trinajstić information content (AvgIpc) is 2.87. The molecule has 8 heteroatoms. The number of hydrogen-bond donors (Lipinski definition) is 1. The highest BCUT2D eigenvalue weighted by molar-refractivity contribution is 7.88. The zero-order chi connectivity index (χ0) is 13.4. The molecule has 1 aromatic heterocycles. The second kappa shape index (κ2) is 4.36. The van der Waals surface area contributed by atoms with E-state index >= 15 is 0 Å². The summed E-state index contributed by atoms with van der Waals surface area (Å²) in [7, 11) is -3.54. The van der Waals surface area contributed by atoms with E-state index in [0.717, 1.165) is 0 Å². The van der Waals surface area contributed by atoms with Crippen molar-refractivity contribution in [1.29, 1.82) is 0 Å². The molecule has 0 amide bonds. The number of nitrogens with zero attached hydrogens (tertiary/aromatic N) is 2. The summed E-state index contributed by atoms with van der Waals surface area (Å²) in [4.78, 5) is 11.1. The molecule has 0 aliphatic carbocycles. The summed E-state index contributed by atoms with van der Waals surface area (Å²) in [6, 6.07) is 1.48. The number of aromatic nitrogens is 1. The normalized spacial score (nSPS) is 25.4. The number of carboxylic acids is 1. The lowest BCUT2D eigenvalue weighted by molar-refractivity contribution is -0.146. The molecule has 1 N–H and O–H groups in total. The van der Waals surface area contributed by atoms with Crippen LogP contribution in [0.5, 0.6) is 0 Å². The highest BCUT2D eigenvalue weighted by Gasteiger charge is 2.44. The Hall–Kier alpha value is -1.41. The Balaban J connectivity index is 2.11. The number of carbonyl (C=O) groups is 1. The van der Waals surface area contributed by atoms with Gasteiger partial charge in [-0.2, -0.15) is 0 Å². The molecule has 0 aromatic carbocycles. The second-order valence-electron chi connectivity index (χ2n) is 4.70. The minimum Gasteiger partial charge on any atom is -0.481 e. The van der Waals surface area contributed by atoms with Crippen LogP contribution < -0.4 is 0 Å². The topological polar surface area (TPSA) is 101 Å². The molecule has 1 fully saturated rings. The standard InChI is InChI=1S/C10H14N2O5S/c1-10(9(13)14)3-4-12(7-10)18(15,16)6-8-2-5-17-11-8/h2,5H,3-4,6-7H2,1H3,(H,13,14). The molecule has 7 nitrogen and oxygen atoms in total. The van der Waals surface area contributed by atoms with Crippen LogP contribution >= 0.6 is 0 Å². The Bertz CT molecular complexity index is 539. The molecule has 1 atom stereocenters. The van der Waals surface area contributed by atoms with Gasteiger partial charge in [-0.3, -0.25) is 4.79 Å². The summed E-state index contributed by atoms with van der Waals surface area (Å²) in [6.45, 7) is 1.78. The van der Waals surface area contributed by atoms with Gasteiger partial charge in [0.05, 0.1) is 11.1 Å². The highest BCUT2D eigenvalue weighted by Crippen LogP contribution is 2.32. The monoisotopic (exact) mass is 274 g/mol. The third kappa shape index (κ3) is 2.39. The molecular weight excluding hydrogens is 260 g/mol. The van der Waals surface area contributed by atoms with Gasteiger partial charge in [0.1, 0.15) is 12.0 Å². The van der Waals surface area contributed by atoms with E-state index in [1.165, 1.54) is 16.6 Å². The minimum absolute atomic E-state index is 0.00250. The molecule has 100 valence electrons. The van der Waals surface area contributed by atoms with E-state index in [9.17, 15) is 13.2 Å². The molecule has 1 aliphatic heterocycles. The van der Waals surface area contributed by atoms with Gasteiger partial charge in [-0.25, -0.2) is 12.7 Å². The zero-order valence-electron chi connectivity index (χ0n) is 9.87. The van der Waals surface area contributed by atoms with Gasteiger partial charge in [0.15, 0.2) is 0 Å². The van der Waals surface area contributed by atoms with Crippen molar-refractivity contribution >= 4 is 16.0 Å². The Labute approximate surface area is 104 Å². The Morgan fingerprint density at radius 3 is 2.89 bits per heavy atom. The van der Waals surface area contributed by atoms with E-state index in [1.54, 1.807) is 6.92 Å². The van der Waals surface area contributed by atoms with Crippen molar-refractivity contribution in [2.45, 2.75) is 19.1 Å². The van der Waals surface area contributed by atoms with E-state index in [4.69, 9.17) is 5.11 Å². The lowest BCUT2D eigenvalue weighted by Crippen LogP contribution is -2.35. The zero-order valence-corrected chi connectivity index (χ0v) is 10.7. The quantitative estimate of drug-likeness (QED) is 0.847. The maximum absolute atomic E-state index is 12.1. The molecule has 1 unspecified atom stereocenters. The predicted octanol–water partition coefficient (Wildman–Crippen LogP) is 0.301. The fourth-order valence-corrected chi connectivity index (χ4v) is 3.48. The van der Waals surface area contributed by atoms with Crippen molar-refractivity contribution in [2.75, 3.05) is 13.1 Å². The molecule has 1 saturated heterocycles. The summed E-state index contributed by atoms with van der Waals surface area (Å²) in [6.07, 6.45) is 1.62. The van der Waals surface area contributed by atoms with Crippen molar-refractivity contribution in [3.63, 3.8) is 0 Å². The molecule has 0 bridgehead atoms. The first-order chi connectivity index (χ1) is 8.33. The molecule has 1 aromatic rings. The maximum atomic E-state index is 12.1. The Morgan fingerprint density at radius 1 is 1.67 bits per heavy atom. The molecule has 2 heterocycles. The van der Waals surface area contributed by atoms with Gasteiger partial charge in [0.25, 0.3) is 0 Å². The highest BCUT2D eigenvalue weighted by atomic mass is 32.2. The van der Waals surface area contributed by atoms with Gasteiger partial charge in [0, 0.05) is 19.2 Å². The Morgan fingerprint density at radius 2 is 2.39 bits per heavy atom. The SMILES string of the molecule is CC1(C(=O)O)CCN(S(=O)(=O)Cc2ccon2)C1. The summed E-state index contributed by atoms with van der Waals surface area (Å²) >= 11 is 0. The summed E-state index contributed by atoms with van der Waals surface area (Å²) in [5.74, 6) is -1.24. The van der Waals surface area contributed by atoms with Gasteiger partial charge in [-0.15, -0.1) is 0 Å². The molecule has 1 aliphatic rings. The first-order valence-corrected chi connectivity index (χ1v) is 7.05. The smallest absolute Gasteiger partial charge is 0.310 e. The molecule has 2 rings (SSSR count). The summed E-state index contributed by atoms with van der Waals surface area (Å²) < 4.78 is 29.9. The third-order valence-electron chi connectivity index (χ3n) is 3.17. The molecule has 0 spiro atoms. The second-order valence-corrected chi connectivity index (χ2v) is 6.67. The van der Waals surface area contributed by atoms with Gasteiger partial charge >= 0.3 is 5.97 Å². The van der Waals surface area contributed by atoms with Gasteiger partial charge in [-0.05, 0) is 13.3 Å². The van der Waals surface area contributed by atoms with E-state index in [-0.39, 0.29) is 18.8 Å². The van der Waals surface area contributed by atoms with Crippen LogP contribution in [0.4, 0.5) is 0 Å². The number of carboxylic acid groups (broad SMARTS) is 1. The lowest BCUT2D eigenvalue weighted by Gasteiger charge is -2.19. The average molecular weight is 274 g/mol. The van der Waals surface area contributed by atoms with Gasteiger partial charge in [-0.1, -0.05) is 5.16 Å². The fourth-order valence-electron chi connectivity index (χ4n) is 1.92. The Kier molecular flexibility index (Phi) is 3.16. The van der Waals surface area contributed by atoms with Crippen molar-refractivity contribution in [3.05, 3.63) is 18.0 Å².